The largest absolute Gasteiger partial charge is 0.367 e. The van der Waals surface area contributed by atoms with E-state index in [9.17, 15) is 0 Å². The van der Waals surface area contributed by atoms with Gasteiger partial charge in [-0.3, -0.25) is 0 Å². The lowest BCUT2D eigenvalue weighted by Gasteiger charge is -2.16. The molecular formula is C14H19N3O. The highest BCUT2D eigenvalue weighted by Crippen LogP contribution is 2.15. The van der Waals surface area contributed by atoms with Gasteiger partial charge in [-0.1, -0.05) is 30.3 Å². The van der Waals surface area contributed by atoms with Gasteiger partial charge in [-0.05, 0) is 18.7 Å². The van der Waals surface area contributed by atoms with Crippen molar-refractivity contribution in [3.63, 3.8) is 0 Å². The second kappa shape index (κ2) is 6.21. The molecule has 1 aromatic carbocycles. The van der Waals surface area contributed by atoms with E-state index in [1.807, 2.05) is 31.3 Å². The topological polar surface area (TPSA) is 41.3 Å². The first-order chi connectivity index (χ1) is 8.79. The number of hydrogen-bond acceptors (Lipinski definition) is 4. The van der Waals surface area contributed by atoms with Crippen LogP contribution in [0.4, 0.5) is 5.69 Å². The molecule has 0 saturated carbocycles. The molecule has 96 valence electrons. The van der Waals surface area contributed by atoms with Crippen molar-refractivity contribution in [2.24, 2.45) is 0 Å². The van der Waals surface area contributed by atoms with Crippen LogP contribution in [0.25, 0.3) is 0 Å². The van der Waals surface area contributed by atoms with Gasteiger partial charge in [0, 0.05) is 25.3 Å². The molecule has 0 saturated heterocycles. The minimum absolute atomic E-state index is 0.725. The van der Waals surface area contributed by atoms with E-state index in [4.69, 9.17) is 4.52 Å². The Labute approximate surface area is 108 Å². The van der Waals surface area contributed by atoms with Gasteiger partial charge in [0.25, 0.3) is 0 Å². The zero-order valence-corrected chi connectivity index (χ0v) is 10.9. The first kappa shape index (κ1) is 12.6. The van der Waals surface area contributed by atoms with Crippen LogP contribution < -0.4 is 10.2 Å². The molecule has 4 nitrogen and oxygen atoms in total. The summed E-state index contributed by atoms with van der Waals surface area (Å²) in [6.07, 6.45) is 0. The van der Waals surface area contributed by atoms with E-state index in [0.29, 0.717) is 0 Å². The third-order valence-corrected chi connectivity index (χ3v) is 2.75. The number of hydrogen-bond donors (Lipinski definition) is 1. The summed E-state index contributed by atoms with van der Waals surface area (Å²) in [5, 5.41) is 7.26. The van der Waals surface area contributed by atoms with E-state index in [1.54, 1.807) is 0 Å². The van der Waals surface area contributed by atoms with Crippen LogP contribution >= 0.6 is 0 Å². The van der Waals surface area contributed by atoms with Gasteiger partial charge in [0.05, 0.1) is 12.2 Å². The highest BCUT2D eigenvalue weighted by atomic mass is 16.5. The molecule has 4 heteroatoms. The molecule has 0 radical (unpaired) electrons. The number of para-hydroxylation sites is 1. The van der Waals surface area contributed by atoms with E-state index >= 15 is 0 Å². The fourth-order valence-corrected chi connectivity index (χ4v) is 1.77. The molecule has 0 aliphatic heterocycles. The minimum Gasteiger partial charge on any atom is -0.367 e. The van der Waals surface area contributed by atoms with Gasteiger partial charge in [0.15, 0.2) is 5.76 Å². The summed E-state index contributed by atoms with van der Waals surface area (Å²) in [4.78, 5) is 2.14. The van der Waals surface area contributed by atoms with Crippen LogP contribution in [-0.4, -0.2) is 18.7 Å². The third kappa shape index (κ3) is 3.34. The highest BCUT2D eigenvalue weighted by Gasteiger charge is 2.07. The van der Waals surface area contributed by atoms with E-state index < -0.39 is 0 Å². The maximum absolute atomic E-state index is 5.32. The molecule has 1 aromatic heterocycles. The SMILES string of the molecule is CCNCc1cc(CN(C)c2ccccc2)on1. The first-order valence-electron chi connectivity index (χ1n) is 6.21. The van der Waals surface area contributed by atoms with Gasteiger partial charge in [0.2, 0.25) is 0 Å². The van der Waals surface area contributed by atoms with Gasteiger partial charge >= 0.3 is 0 Å². The van der Waals surface area contributed by atoms with Crippen molar-refractivity contribution in [3.05, 3.63) is 47.9 Å². The number of nitrogens with one attached hydrogen (secondary N) is 1. The van der Waals surface area contributed by atoms with Crippen LogP contribution in [0.5, 0.6) is 0 Å². The summed E-state index contributed by atoms with van der Waals surface area (Å²) < 4.78 is 5.32. The van der Waals surface area contributed by atoms with Crippen LogP contribution in [0.3, 0.4) is 0 Å². The van der Waals surface area contributed by atoms with E-state index in [2.05, 4.69) is 34.4 Å². The van der Waals surface area contributed by atoms with Crippen LogP contribution in [-0.2, 0) is 13.1 Å². The molecule has 0 amide bonds. The van der Waals surface area contributed by atoms with Gasteiger partial charge < -0.3 is 14.7 Å². The number of anilines is 1. The van der Waals surface area contributed by atoms with Gasteiger partial charge in [-0.2, -0.15) is 0 Å². The van der Waals surface area contributed by atoms with Crippen molar-refractivity contribution < 1.29 is 4.52 Å². The van der Waals surface area contributed by atoms with Crippen molar-refractivity contribution >= 4 is 5.69 Å². The fourth-order valence-electron chi connectivity index (χ4n) is 1.77. The molecule has 2 rings (SSSR count). The smallest absolute Gasteiger partial charge is 0.156 e. The molecule has 0 atom stereocenters. The molecule has 0 spiro atoms. The Morgan fingerprint density at radius 2 is 2.06 bits per heavy atom. The highest BCUT2D eigenvalue weighted by molar-refractivity contribution is 5.45. The van der Waals surface area contributed by atoms with E-state index in [1.165, 1.54) is 5.69 Å². The van der Waals surface area contributed by atoms with E-state index in [0.717, 1.165) is 31.1 Å². The summed E-state index contributed by atoms with van der Waals surface area (Å²) in [6, 6.07) is 12.2. The maximum Gasteiger partial charge on any atom is 0.156 e. The Kier molecular flexibility index (Phi) is 4.36. The molecule has 0 aliphatic rings. The van der Waals surface area contributed by atoms with Crippen LogP contribution in [0.2, 0.25) is 0 Å². The van der Waals surface area contributed by atoms with Crippen LogP contribution in [0.15, 0.2) is 40.9 Å². The summed E-state index contributed by atoms with van der Waals surface area (Å²) in [6.45, 7) is 4.49. The zero-order valence-electron chi connectivity index (χ0n) is 10.9. The molecular weight excluding hydrogens is 226 g/mol. The quantitative estimate of drug-likeness (QED) is 0.848. The Balaban J connectivity index is 1.95. The van der Waals surface area contributed by atoms with Crippen LogP contribution in [0, 0.1) is 0 Å². The number of benzene rings is 1. The van der Waals surface area contributed by atoms with Crippen LogP contribution in [0.1, 0.15) is 18.4 Å². The predicted molar refractivity (Wildman–Crippen MR) is 72.4 cm³/mol. The monoisotopic (exact) mass is 245 g/mol. The molecule has 18 heavy (non-hydrogen) atoms. The second-order valence-corrected chi connectivity index (χ2v) is 4.26. The van der Waals surface area contributed by atoms with Crippen molar-refractivity contribution in [1.29, 1.82) is 0 Å². The standard InChI is InChI=1S/C14H19N3O/c1-3-15-10-12-9-14(18-16-12)11-17(2)13-7-5-4-6-8-13/h4-9,15H,3,10-11H2,1-2H3. The normalized spacial score (nSPS) is 10.6. The van der Waals surface area contributed by atoms with Gasteiger partial charge in [-0.15, -0.1) is 0 Å². The second-order valence-electron chi connectivity index (χ2n) is 4.26. The summed E-state index contributed by atoms with van der Waals surface area (Å²) in [5.74, 6) is 0.884. The number of nitrogens with zero attached hydrogens (tertiary/aromatic N) is 2. The van der Waals surface area contributed by atoms with Crippen molar-refractivity contribution in [1.82, 2.24) is 10.5 Å². The lowest BCUT2D eigenvalue weighted by molar-refractivity contribution is 0.375. The number of aromatic nitrogens is 1. The lowest BCUT2D eigenvalue weighted by Crippen LogP contribution is -2.15. The number of rotatable bonds is 6. The van der Waals surface area contributed by atoms with Gasteiger partial charge in [-0.25, -0.2) is 0 Å². The summed E-state index contributed by atoms with van der Waals surface area (Å²) in [7, 11) is 2.04. The molecule has 0 fully saturated rings. The maximum atomic E-state index is 5.32. The molecule has 0 aliphatic carbocycles. The molecule has 2 aromatic rings. The van der Waals surface area contributed by atoms with Gasteiger partial charge in [0.1, 0.15) is 0 Å². The first-order valence-corrected chi connectivity index (χ1v) is 6.21. The van der Waals surface area contributed by atoms with Crippen molar-refractivity contribution in [2.75, 3.05) is 18.5 Å². The molecule has 0 bridgehead atoms. The molecule has 1 heterocycles. The Morgan fingerprint density at radius 1 is 1.28 bits per heavy atom. The lowest BCUT2D eigenvalue weighted by atomic mass is 10.3. The van der Waals surface area contributed by atoms with E-state index in [-0.39, 0.29) is 0 Å². The van der Waals surface area contributed by atoms with Crippen molar-refractivity contribution in [3.8, 4) is 0 Å². The Bertz CT molecular complexity index is 467. The van der Waals surface area contributed by atoms with Crippen molar-refractivity contribution in [2.45, 2.75) is 20.0 Å². The fraction of sp³-hybridized carbons (Fsp3) is 0.357. The zero-order chi connectivity index (χ0) is 12.8. The third-order valence-electron chi connectivity index (χ3n) is 2.75. The minimum atomic E-state index is 0.725. The summed E-state index contributed by atoms with van der Waals surface area (Å²) >= 11 is 0. The Hall–Kier alpha value is -1.81. The predicted octanol–water partition coefficient (Wildman–Crippen LogP) is 2.42. The molecule has 1 N–H and O–H groups in total. The summed E-state index contributed by atoms with van der Waals surface area (Å²) in [5.41, 5.74) is 2.12. The average Bonchev–Trinajstić information content (AvgIpc) is 2.85. The molecule has 0 unspecified atom stereocenters. The average molecular weight is 245 g/mol. The Morgan fingerprint density at radius 3 is 2.78 bits per heavy atom.